The number of nitrogens with two attached hydrogens (primary N) is 1. The van der Waals surface area contributed by atoms with E-state index in [-0.39, 0.29) is 0 Å². The van der Waals surface area contributed by atoms with Crippen LogP contribution >= 0.6 is 38.5 Å². The Morgan fingerprint density at radius 1 is 1.71 bits per heavy atom. The first kappa shape index (κ1) is 11.9. The summed E-state index contributed by atoms with van der Waals surface area (Å²) in [7, 11) is 0. The summed E-state index contributed by atoms with van der Waals surface area (Å²) in [5.41, 5.74) is 4.49. The molecule has 1 rings (SSSR count). The summed E-state index contributed by atoms with van der Waals surface area (Å²) in [6, 6.07) is 3.38. The molecule has 0 aliphatic heterocycles. The van der Waals surface area contributed by atoms with Crippen LogP contribution in [0.1, 0.15) is 12.6 Å². The van der Waals surface area contributed by atoms with Crippen LogP contribution in [0.5, 0.6) is 0 Å². The number of carboxylic acids is 1. The number of pyridine rings is 1. The number of aliphatic carboxylic acids is 1. The molecule has 0 spiro atoms. The number of hydrogen-bond acceptors (Lipinski definition) is 3. The van der Waals surface area contributed by atoms with Crippen LogP contribution < -0.4 is 5.73 Å². The van der Waals surface area contributed by atoms with E-state index in [1.54, 1.807) is 12.1 Å². The van der Waals surface area contributed by atoms with Gasteiger partial charge in [-0.2, -0.15) is 0 Å². The lowest BCUT2D eigenvalue weighted by Crippen LogP contribution is -2.42. The van der Waals surface area contributed by atoms with Crippen molar-refractivity contribution in [2.45, 2.75) is 12.5 Å². The van der Waals surface area contributed by atoms with Gasteiger partial charge in [0.15, 0.2) is 5.54 Å². The maximum Gasteiger partial charge on any atom is 0.329 e. The van der Waals surface area contributed by atoms with Gasteiger partial charge in [0.25, 0.3) is 0 Å². The van der Waals surface area contributed by atoms with E-state index >= 15 is 0 Å². The van der Waals surface area contributed by atoms with Gasteiger partial charge in [0.05, 0.1) is 5.69 Å². The summed E-state index contributed by atoms with van der Waals surface area (Å²) < 4.78 is 1.51. The van der Waals surface area contributed by atoms with Gasteiger partial charge in [-0.05, 0) is 57.6 Å². The van der Waals surface area contributed by atoms with Crippen LogP contribution in [0.25, 0.3) is 0 Å². The van der Waals surface area contributed by atoms with Crippen LogP contribution in [0.15, 0.2) is 16.7 Å². The number of rotatable bonds is 2. The summed E-state index contributed by atoms with van der Waals surface area (Å²) >= 11 is 5.31. The number of hydrogen-bond donors (Lipinski definition) is 2. The highest BCUT2D eigenvalue weighted by Gasteiger charge is 2.32. The predicted molar refractivity (Wildman–Crippen MR) is 63.8 cm³/mol. The molecule has 3 N–H and O–H groups in total. The van der Waals surface area contributed by atoms with Gasteiger partial charge in [-0.25, -0.2) is 9.78 Å². The van der Waals surface area contributed by atoms with Gasteiger partial charge in [0.2, 0.25) is 0 Å². The second-order valence-corrected chi connectivity index (χ2v) is 4.89. The Balaban J connectivity index is 3.21. The Morgan fingerprint density at radius 3 is 2.71 bits per heavy atom. The van der Waals surface area contributed by atoms with Crippen molar-refractivity contribution in [3.05, 3.63) is 26.0 Å². The Morgan fingerprint density at radius 2 is 2.29 bits per heavy atom. The second kappa shape index (κ2) is 4.11. The fraction of sp³-hybridized carbons (Fsp3) is 0.250. The topological polar surface area (TPSA) is 76.2 Å². The monoisotopic (exact) mass is 370 g/mol. The first-order chi connectivity index (χ1) is 6.35. The Labute approximate surface area is 103 Å². The van der Waals surface area contributed by atoms with Gasteiger partial charge < -0.3 is 10.8 Å². The van der Waals surface area contributed by atoms with E-state index in [1.165, 1.54) is 6.92 Å². The lowest BCUT2D eigenvalue weighted by atomic mass is 9.99. The number of halogens is 2. The molecule has 1 heterocycles. The normalized spacial score (nSPS) is 14.9. The third-order valence-electron chi connectivity index (χ3n) is 1.78. The van der Waals surface area contributed by atoms with Crippen LogP contribution in [-0.4, -0.2) is 16.1 Å². The maximum atomic E-state index is 10.8. The number of aromatic nitrogens is 1. The van der Waals surface area contributed by atoms with E-state index in [0.717, 1.165) is 3.57 Å². The first-order valence-corrected chi connectivity index (χ1v) is 5.57. The van der Waals surface area contributed by atoms with Crippen molar-refractivity contribution in [3.8, 4) is 0 Å². The van der Waals surface area contributed by atoms with Crippen molar-refractivity contribution in [1.29, 1.82) is 0 Å². The van der Waals surface area contributed by atoms with Crippen molar-refractivity contribution < 1.29 is 9.90 Å². The van der Waals surface area contributed by atoms with Gasteiger partial charge in [-0.1, -0.05) is 0 Å². The zero-order valence-electron chi connectivity index (χ0n) is 7.29. The summed E-state index contributed by atoms with van der Waals surface area (Å²) in [4.78, 5) is 14.9. The van der Waals surface area contributed by atoms with E-state index < -0.39 is 11.5 Å². The molecule has 0 unspecified atom stereocenters. The van der Waals surface area contributed by atoms with Crippen molar-refractivity contribution in [1.82, 2.24) is 4.98 Å². The number of carboxylic acid groups (broad SMARTS) is 1. The van der Waals surface area contributed by atoms with Gasteiger partial charge in [0, 0.05) is 3.57 Å². The Hall–Kier alpha value is -0.210. The molecule has 0 saturated heterocycles. The fourth-order valence-corrected chi connectivity index (χ4v) is 1.44. The van der Waals surface area contributed by atoms with Gasteiger partial charge in [0.1, 0.15) is 4.60 Å². The summed E-state index contributed by atoms with van der Waals surface area (Å²) in [6.45, 7) is 1.41. The van der Waals surface area contributed by atoms with Gasteiger partial charge in [-0.15, -0.1) is 0 Å². The lowest BCUT2D eigenvalue weighted by molar-refractivity contribution is -0.143. The molecule has 1 aromatic rings. The first-order valence-electron chi connectivity index (χ1n) is 3.70. The SMILES string of the molecule is C[C@](N)(C(=O)O)c1ccc(I)c(Br)n1. The zero-order valence-corrected chi connectivity index (χ0v) is 11.0. The molecule has 0 saturated carbocycles. The van der Waals surface area contributed by atoms with E-state index in [9.17, 15) is 4.79 Å². The molecule has 0 radical (unpaired) electrons. The molecular weight excluding hydrogens is 363 g/mol. The van der Waals surface area contributed by atoms with Crippen LogP contribution in [0.2, 0.25) is 0 Å². The van der Waals surface area contributed by atoms with E-state index in [2.05, 4.69) is 43.5 Å². The molecular formula is C8H8BrIN2O2. The summed E-state index contributed by atoms with van der Waals surface area (Å²) in [5, 5.41) is 8.87. The molecule has 1 aromatic heterocycles. The highest BCUT2D eigenvalue weighted by Crippen LogP contribution is 2.22. The van der Waals surface area contributed by atoms with E-state index in [0.29, 0.717) is 10.3 Å². The average Bonchev–Trinajstić information content (AvgIpc) is 2.09. The smallest absolute Gasteiger partial charge is 0.329 e. The molecule has 0 bridgehead atoms. The van der Waals surface area contributed by atoms with Crippen LogP contribution in [0, 0.1) is 3.57 Å². The quantitative estimate of drug-likeness (QED) is 0.613. The van der Waals surface area contributed by atoms with Crippen molar-refractivity contribution in [3.63, 3.8) is 0 Å². The van der Waals surface area contributed by atoms with Gasteiger partial charge >= 0.3 is 5.97 Å². The molecule has 14 heavy (non-hydrogen) atoms. The minimum absolute atomic E-state index is 0.331. The minimum Gasteiger partial charge on any atom is -0.480 e. The van der Waals surface area contributed by atoms with Crippen LogP contribution in [0.4, 0.5) is 0 Å². The van der Waals surface area contributed by atoms with Gasteiger partial charge in [-0.3, -0.25) is 0 Å². The van der Waals surface area contributed by atoms with E-state index in [4.69, 9.17) is 10.8 Å². The molecule has 0 aliphatic rings. The Bertz CT molecular complexity index is 382. The highest BCUT2D eigenvalue weighted by atomic mass is 127. The molecule has 0 aliphatic carbocycles. The molecule has 76 valence electrons. The average molecular weight is 371 g/mol. The predicted octanol–water partition coefficient (Wildman–Crippen LogP) is 1.71. The van der Waals surface area contributed by atoms with Crippen LogP contribution in [0.3, 0.4) is 0 Å². The Kier molecular flexibility index (Phi) is 3.49. The third-order valence-corrected chi connectivity index (χ3v) is 4.00. The molecule has 0 aromatic carbocycles. The standard InChI is InChI=1S/C8H8BrIN2O2/c1-8(11,7(13)14)5-3-2-4(10)6(9)12-5/h2-3H,11H2,1H3,(H,13,14)/t8-/m1/s1. The van der Waals surface area contributed by atoms with E-state index in [1.807, 2.05) is 0 Å². The van der Waals surface area contributed by atoms with Crippen molar-refractivity contribution >= 4 is 44.5 Å². The third kappa shape index (κ3) is 2.23. The molecule has 6 heteroatoms. The number of carbonyl (C=O) groups is 1. The largest absolute Gasteiger partial charge is 0.480 e. The second-order valence-electron chi connectivity index (χ2n) is 2.98. The summed E-state index contributed by atoms with van der Waals surface area (Å²) in [5.74, 6) is -1.10. The molecule has 0 fully saturated rings. The number of nitrogens with zero attached hydrogens (tertiary/aromatic N) is 1. The molecule has 1 atom stereocenters. The van der Waals surface area contributed by atoms with Crippen molar-refractivity contribution in [2.24, 2.45) is 5.73 Å². The zero-order chi connectivity index (χ0) is 10.9. The summed E-state index contributed by atoms with van der Waals surface area (Å²) in [6.07, 6.45) is 0. The fourth-order valence-electron chi connectivity index (χ4n) is 0.816. The molecule has 4 nitrogen and oxygen atoms in total. The highest BCUT2D eigenvalue weighted by molar-refractivity contribution is 14.1. The van der Waals surface area contributed by atoms with Crippen LogP contribution in [-0.2, 0) is 10.3 Å². The lowest BCUT2D eigenvalue weighted by Gasteiger charge is -2.18. The van der Waals surface area contributed by atoms with Crippen molar-refractivity contribution in [2.75, 3.05) is 0 Å². The molecule has 0 amide bonds. The maximum absolute atomic E-state index is 10.8. The minimum atomic E-state index is -1.45.